The molecule has 1 aromatic heterocycles. The maximum absolute atomic E-state index is 10.9. The van der Waals surface area contributed by atoms with E-state index in [2.05, 4.69) is 15.0 Å². The molecule has 0 radical (unpaired) electrons. The zero-order chi connectivity index (χ0) is 19.1. The van der Waals surface area contributed by atoms with Gasteiger partial charge >= 0.3 is 0 Å². The summed E-state index contributed by atoms with van der Waals surface area (Å²) in [4.78, 5) is 46.9. The molecule has 0 spiro atoms. The molecule has 2 heterocycles. The van der Waals surface area contributed by atoms with Gasteiger partial charge in [-0.15, -0.1) is 0 Å². The number of carbonyl (C=O) groups is 4. The molecule has 0 bridgehead atoms. The van der Waals surface area contributed by atoms with Crippen molar-refractivity contribution in [1.82, 2.24) is 9.55 Å². The Kier molecular flexibility index (Phi) is 6.57. The molecule has 0 aromatic carbocycles. The summed E-state index contributed by atoms with van der Waals surface area (Å²) in [7, 11) is 0. The van der Waals surface area contributed by atoms with Crippen LogP contribution >= 0.6 is 12.2 Å². The van der Waals surface area contributed by atoms with Crippen molar-refractivity contribution >= 4 is 48.9 Å². The summed E-state index contributed by atoms with van der Waals surface area (Å²) in [6.45, 7) is 0.199. The van der Waals surface area contributed by atoms with Crippen LogP contribution in [0.25, 0.3) is 0 Å². The minimum absolute atomic E-state index is 0.0822. The Morgan fingerprint density at radius 3 is 2.54 bits per heavy atom. The summed E-state index contributed by atoms with van der Waals surface area (Å²) in [5, 5.41) is 2.38. The van der Waals surface area contributed by atoms with Crippen molar-refractivity contribution in [3.8, 4) is 0 Å². The van der Waals surface area contributed by atoms with E-state index in [4.69, 9.17) is 32.2 Å². The fraction of sp³-hybridized carbons (Fsp3) is 0.385. The first-order valence-electron chi connectivity index (χ1n) is 7.04. The molecule has 1 saturated heterocycles. The average molecular weight is 386 g/mol. The molecule has 13 heteroatoms. The standard InChI is InChI=1S/C13H14N4O8S/c14-11(26)8-12(16-3-18)17(2-15-8)13-10(24-6-21)9(23-5-20)7(25-13)1-22-4-19/h2-7,9-10,13H,1H2,(H2,14,26)(H,16,18)/t7-,9+,10+,13-/m0/s1. The number of hydrogen-bond acceptors (Lipinski definition) is 10. The zero-order valence-electron chi connectivity index (χ0n) is 13.0. The molecule has 1 amide bonds. The number of rotatable bonds is 11. The Morgan fingerprint density at radius 2 is 1.96 bits per heavy atom. The second-order valence-corrected chi connectivity index (χ2v) is 5.30. The molecule has 0 saturated carbocycles. The van der Waals surface area contributed by atoms with E-state index in [1.54, 1.807) is 0 Å². The summed E-state index contributed by atoms with van der Waals surface area (Å²) >= 11 is 4.87. The Morgan fingerprint density at radius 1 is 1.27 bits per heavy atom. The van der Waals surface area contributed by atoms with Crippen LogP contribution in [0.4, 0.5) is 5.82 Å². The van der Waals surface area contributed by atoms with Crippen LogP contribution in [-0.4, -0.2) is 65.3 Å². The van der Waals surface area contributed by atoms with E-state index in [9.17, 15) is 19.2 Å². The molecule has 1 aromatic rings. The second kappa shape index (κ2) is 8.87. The molecule has 4 atom stereocenters. The maximum Gasteiger partial charge on any atom is 0.293 e. The number of nitrogens with one attached hydrogen (secondary N) is 1. The number of thiocarbonyl (C=S) groups is 1. The molecule has 140 valence electrons. The summed E-state index contributed by atoms with van der Waals surface area (Å²) in [5.41, 5.74) is 5.66. The molecule has 1 fully saturated rings. The van der Waals surface area contributed by atoms with E-state index in [1.165, 1.54) is 10.9 Å². The third-order valence-corrected chi connectivity index (χ3v) is 3.73. The molecular formula is C13H14N4O8S. The lowest BCUT2D eigenvalue weighted by Crippen LogP contribution is -2.38. The van der Waals surface area contributed by atoms with Crippen molar-refractivity contribution < 1.29 is 38.1 Å². The minimum atomic E-state index is -1.13. The average Bonchev–Trinajstić information content (AvgIpc) is 3.17. The van der Waals surface area contributed by atoms with Crippen molar-refractivity contribution in [2.75, 3.05) is 11.9 Å². The zero-order valence-corrected chi connectivity index (χ0v) is 13.9. The van der Waals surface area contributed by atoms with Crippen LogP contribution in [-0.2, 0) is 38.1 Å². The second-order valence-electron chi connectivity index (χ2n) is 4.86. The lowest BCUT2D eigenvalue weighted by Gasteiger charge is -2.22. The van der Waals surface area contributed by atoms with Crippen molar-refractivity contribution in [2.45, 2.75) is 24.5 Å². The minimum Gasteiger partial charge on any atom is -0.465 e. The van der Waals surface area contributed by atoms with Crippen LogP contribution in [0.3, 0.4) is 0 Å². The number of carbonyl (C=O) groups excluding carboxylic acids is 4. The molecule has 0 unspecified atom stereocenters. The first-order chi connectivity index (χ1) is 12.6. The smallest absolute Gasteiger partial charge is 0.293 e. The fourth-order valence-corrected chi connectivity index (χ4v) is 2.72. The van der Waals surface area contributed by atoms with Gasteiger partial charge in [-0.05, 0) is 0 Å². The molecule has 1 aliphatic rings. The van der Waals surface area contributed by atoms with Crippen molar-refractivity contribution in [3.63, 3.8) is 0 Å². The Hall–Kier alpha value is -3.06. The van der Waals surface area contributed by atoms with E-state index >= 15 is 0 Å². The van der Waals surface area contributed by atoms with E-state index in [-0.39, 0.29) is 42.5 Å². The van der Waals surface area contributed by atoms with Crippen LogP contribution in [0.5, 0.6) is 0 Å². The van der Waals surface area contributed by atoms with Crippen molar-refractivity contribution in [3.05, 3.63) is 12.0 Å². The summed E-state index contributed by atoms with van der Waals surface area (Å²) in [5.74, 6) is 0.0822. The maximum atomic E-state index is 10.9. The number of aromatic nitrogens is 2. The van der Waals surface area contributed by atoms with Gasteiger partial charge in [0, 0.05) is 0 Å². The van der Waals surface area contributed by atoms with E-state index < -0.39 is 24.5 Å². The molecular weight excluding hydrogens is 372 g/mol. The number of anilines is 1. The topological polar surface area (TPSA) is 161 Å². The van der Waals surface area contributed by atoms with Crippen LogP contribution < -0.4 is 11.1 Å². The number of nitrogens with two attached hydrogens (primary N) is 1. The predicted octanol–water partition coefficient (Wildman–Crippen LogP) is -1.76. The predicted molar refractivity (Wildman–Crippen MR) is 85.6 cm³/mol. The van der Waals surface area contributed by atoms with Crippen LogP contribution in [0, 0.1) is 0 Å². The number of imidazole rings is 1. The Labute approximate surface area is 151 Å². The fourth-order valence-electron chi connectivity index (χ4n) is 2.57. The first kappa shape index (κ1) is 19.3. The van der Waals surface area contributed by atoms with E-state index in [0.29, 0.717) is 6.41 Å². The van der Waals surface area contributed by atoms with Gasteiger partial charge in [0.05, 0.1) is 6.33 Å². The third kappa shape index (κ3) is 3.78. The van der Waals surface area contributed by atoms with Gasteiger partial charge < -0.3 is 30.0 Å². The van der Waals surface area contributed by atoms with Crippen molar-refractivity contribution in [2.24, 2.45) is 5.73 Å². The van der Waals surface area contributed by atoms with Crippen LogP contribution in [0.1, 0.15) is 11.9 Å². The van der Waals surface area contributed by atoms with Crippen LogP contribution in [0.2, 0.25) is 0 Å². The molecule has 3 N–H and O–H groups in total. The quantitative estimate of drug-likeness (QED) is 0.252. The largest absolute Gasteiger partial charge is 0.465 e. The van der Waals surface area contributed by atoms with E-state index in [0.717, 1.165) is 0 Å². The normalized spacial score (nSPS) is 24.3. The van der Waals surface area contributed by atoms with Gasteiger partial charge in [0.2, 0.25) is 6.41 Å². The van der Waals surface area contributed by atoms with Gasteiger partial charge in [-0.2, -0.15) is 0 Å². The molecule has 12 nitrogen and oxygen atoms in total. The SMILES string of the molecule is NC(=S)c1ncn([C@H]2O[C@@H](COC=O)[C@@H](OC=O)[C@H]2OC=O)c1NC=O. The summed E-state index contributed by atoms with van der Waals surface area (Å²) in [6.07, 6.45) is -2.62. The Balaban J connectivity index is 2.43. The van der Waals surface area contributed by atoms with Crippen LogP contribution in [0.15, 0.2) is 6.33 Å². The highest BCUT2D eigenvalue weighted by atomic mass is 32.1. The molecule has 26 heavy (non-hydrogen) atoms. The van der Waals surface area contributed by atoms with Gasteiger partial charge in [0.15, 0.2) is 18.4 Å². The highest BCUT2D eigenvalue weighted by Crippen LogP contribution is 2.36. The van der Waals surface area contributed by atoms with Gasteiger partial charge in [0.25, 0.3) is 19.4 Å². The first-order valence-corrected chi connectivity index (χ1v) is 7.45. The van der Waals surface area contributed by atoms with E-state index in [1.807, 2.05) is 0 Å². The summed E-state index contributed by atoms with van der Waals surface area (Å²) < 4.78 is 21.5. The van der Waals surface area contributed by atoms with Gasteiger partial charge in [-0.25, -0.2) is 4.98 Å². The van der Waals surface area contributed by atoms with Gasteiger partial charge in [0.1, 0.15) is 29.2 Å². The number of ether oxygens (including phenoxy) is 4. The summed E-state index contributed by atoms with van der Waals surface area (Å²) in [6, 6.07) is 0. The lowest BCUT2D eigenvalue weighted by atomic mass is 10.1. The monoisotopic (exact) mass is 386 g/mol. The Bertz CT molecular complexity index is 696. The highest BCUT2D eigenvalue weighted by molar-refractivity contribution is 7.80. The molecule has 1 aliphatic heterocycles. The third-order valence-electron chi connectivity index (χ3n) is 3.54. The number of hydrogen-bond donors (Lipinski definition) is 2. The lowest BCUT2D eigenvalue weighted by molar-refractivity contribution is -0.152. The van der Waals surface area contributed by atoms with Crippen molar-refractivity contribution in [1.29, 1.82) is 0 Å². The van der Waals surface area contributed by atoms with Gasteiger partial charge in [-0.3, -0.25) is 23.7 Å². The highest BCUT2D eigenvalue weighted by Gasteiger charge is 2.50. The molecule has 2 rings (SSSR count). The molecule has 0 aliphatic carbocycles. The van der Waals surface area contributed by atoms with Gasteiger partial charge in [-0.1, -0.05) is 12.2 Å². The number of nitrogens with zero attached hydrogens (tertiary/aromatic N) is 2. The number of amides is 1.